The summed E-state index contributed by atoms with van der Waals surface area (Å²) in [6.07, 6.45) is 0. The van der Waals surface area contributed by atoms with Gasteiger partial charge in [0.15, 0.2) is 5.78 Å². The Morgan fingerprint density at radius 2 is 1.76 bits per heavy atom. The number of nitrogens with one attached hydrogen (secondary N) is 1. The molecule has 0 radical (unpaired) electrons. The standard InChI is InChI=1S/C18H14N2O4S/c1-9-7-12-10-5-3-4-6-11(10)18(21)16-13(19-2)8-14(25(22,23)24)17(20-9)15(12)16/h3-8,19H,1-2H3,(H,22,23,24). The van der Waals surface area contributed by atoms with Crippen LogP contribution in [0.1, 0.15) is 21.6 Å². The highest BCUT2D eigenvalue weighted by molar-refractivity contribution is 7.86. The number of hydrogen-bond donors (Lipinski definition) is 2. The van der Waals surface area contributed by atoms with Crippen molar-refractivity contribution < 1.29 is 17.8 Å². The van der Waals surface area contributed by atoms with E-state index in [-0.39, 0.29) is 16.2 Å². The smallest absolute Gasteiger partial charge is 0.296 e. The molecule has 7 heteroatoms. The average molecular weight is 354 g/mol. The summed E-state index contributed by atoms with van der Waals surface area (Å²) in [6.45, 7) is 1.74. The lowest BCUT2D eigenvalue weighted by Gasteiger charge is -2.23. The van der Waals surface area contributed by atoms with Gasteiger partial charge in [-0.15, -0.1) is 0 Å². The second-order valence-electron chi connectivity index (χ2n) is 5.93. The molecule has 0 saturated heterocycles. The molecule has 3 aromatic rings. The van der Waals surface area contributed by atoms with Gasteiger partial charge in [0.2, 0.25) is 0 Å². The number of ketones is 1. The number of pyridine rings is 1. The van der Waals surface area contributed by atoms with E-state index in [1.807, 2.05) is 18.2 Å². The van der Waals surface area contributed by atoms with E-state index in [1.54, 1.807) is 26.1 Å². The number of carbonyl (C=O) groups excluding carboxylic acids is 1. The van der Waals surface area contributed by atoms with Gasteiger partial charge >= 0.3 is 0 Å². The predicted molar refractivity (Wildman–Crippen MR) is 94.7 cm³/mol. The van der Waals surface area contributed by atoms with Crippen molar-refractivity contribution in [1.82, 2.24) is 4.98 Å². The molecule has 2 N–H and O–H groups in total. The van der Waals surface area contributed by atoms with Gasteiger partial charge in [0.25, 0.3) is 10.1 Å². The summed E-state index contributed by atoms with van der Waals surface area (Å²) in [5.74, 6) is -0.204. The molecule has 0 unspecified atom stereocenters. The number of hydrogen-bond acceptors (Lipinski definition) is 5. The molecule has 0 bridgehead atoms. The summed E-state index contributed by atoms with van der Waals surface area (Å²) in [6, 6.07) is 10.3. The van der Waals surface area contributed by atoms with Crippen molar-refractivity contribution in [1.29, 1.82) is 0 Å². The number of anilines is 1. The molecule has 126 valence electrons. The normalized spacial score (nSPS) is 13.0. The number of aryl methyl sites for hydroxylation is 1. The average Bonchev–Trinajstić information content (AvgIpc) is 2.57. The lowest BCUT2D eigenvalue weighted by atomic mass is 9.83. The second kappa shape index (κ2) is 5.11. The van der Waals surface area contributed by atoms with Gasteiger partial charge < -0.3 is 5.32 Å². The lowest BCUT2D eigenvalue weighted by Crippen LogP contribution is -2.15. The highest BCUT2D eigenvalue weighted by atomic mass is 32.2. The minimum absolute atomic E-state index is 0.106. The first-order valence-corrected chi connectivity index (χ1v) is 9.04. The van der Waals surface area contributed by atoms with E-state index in [2.05, 4.69) is 10.3 Å². The molecule has 6 nitrogen and oxygen atoms in total. The molecular formula is C18H14N2O4S. The van der Waals surface area contributed by atoms with Gasteiger partial charge in [-0.2, -0.15) is 8.42 Å². The van der Waals surface area contributed by atoms with E-state index in [9.17, 15) is 17.8 Å². The minimum Gasteiger partial charge on any atom is -0.387 e. The largest absolute Gasteiger partial charge is 0.387 e. The van der Waals surface area contributed by atoms with Crippen LogP contribution in [0.2, 0.25) is 0 Å². The van der Waals surface area contributed by atoms with Crippen molar-refractivity contribution in [2.24, 2.45) is 0 Å². The van der Waals surface area contributed by atoms with Crippen molar-refractivity contribution in [3.05, 3.63) is 53.2 Å². The lowest BCUT2D eigenvalue weighted by molar-refractivity contribution is 0.104. The van der Waals surface area contributed by atoms with Crippen LogP contribution in [-0.4, -0.2) is 30.8 Å². The maximum absolute atomic E-state index is 13.0. The van der Waals surface area contributed by atoms with Crippen LogP contribution < -0.4 is 5.32 Å². The predicted octanol–water partition coefficient (Wildman–Crippen LogP) is 3.04. The Morgan fingerprint density at radius 3 is 2.40 bits per heavy atom. The van der Waals surface area contributed by atoms with E-state index in [0.717, 1.165) is 11.1 Å². The first-order valence-electron chi connectivity index (χ1n) is 7.60. The van der Waals surface area contributed by atoms with Crippen LogP contribution >= 0.6 is 0 Å². The summed E-state index contributed by atoms with van der Waals surface area (Å²) in [5, 5.41) is 3.30. The molecule has 0 aliphatic heterocycles. The monoisotopic (exact) mass is 354 g/mol. The van der Waals surface area contributed by atoms with Crippen LogP contribution in [0.15, 0.2) is 41.3 Å². The van der Waals surface area contributed by atoms with Crippen LogP contribution in [0.4, 0.5) is 5.69 Å². The molecule has 1 heterocycles. The van der Waals surface area contributed by atoms with Crippen molar-refractivity contribution in [2.45, 2.75) is 11.8 Å². The van der Waals surface area contributed by atoms with E-state index in [4.69, 9.17) is 0 Å². The first-order chi connectivity index (χ1) is 11.8. The fourth-order valence-corrected chi connectivity index (χ4v) is 4.06. The highest BCUT2D eigenvalue weighted by Crippen LogP contribution is 2.43. The number of carbonyl (C=O) groups is 1. The zero-order chi connectivity index (χ0) is 17.9. The van der Waals surface area contributed by atoms with E-state index in [0.29, 0.717) is 27.9 Å². The van der Waals surface area contributed by atoms with Crippen molar-refractivity contribution in [3.63, 3.8) is 0 Å². The third kappa shape index (κ3) is 2.16. The minimum atomic E-state index is -4.51. The zero-order valence-electron chi connectivity index (χ0n) is 13.5. The number of rotatable bonds is 2. The van der Waals surface area contributed by atoms with Crippen molar-refractivity contribution in [3.8, 4) is 11.1 Å². The number of nitrogens with zero attached hydrogens (tertiary/aromatic N) is 1. The van der Waals surface area contributed by atoms with E-state index >= 15 is 0 Å². The molecular weight excluding hydrogens is 340 g/mol. The topological polar surface area (TPSA) is 96.4 Å². The molecule has 0 atom stereocenters. The van der Waals surface area contributed by atoms with Gasteiger partial charge in [-0.25, -0.2) is 0 Å². The van der Waals surface area contributed by atoms with Crippen LogP contribution in [0, 0.1) is 6.92 Å². The van der Waals surface area contributed by atoms with Crippen LogP contribution in [0.5, 0.6) is 0 Å². The Morgan fingerprint density at radius 1 is 1.08 bits per heavy atom. The van der Waals surface area contributed by atoms with Gasteiger partial charge in [0, 0.05) is 29.4 Å². The molecule has 0 spiro atoms. The molecule has 2 aromatic carbocycles. The summed E-state index contributed by atoms with van der Waals surface area (Å²) < 4.78 is 33.4. The molecule has 0 fully saturated rings. The van der Waals surface area contributed by atoms with E-state index < -0.39 is 10.1 Å². The number of aromatic nitrogens is 1. The van der Waals surface area contributed by atoms with Gasteiger partial charge in [-0.3, -0.25) is 14.3 Å². The molecule has 1 aromatic heterocycles. The van der Waals surface area contributed by atoms with E-state index in [1.165, 1.54) is 6.07 Å². The fraction of sp³-hybridized carbons (Fsp3) is 0.111. The molecule has 0 saturated carbocycles. The summed E-state index contributed by atoms with van der Waals surface area (Å²) in [4.78, 5) is 17.0. The summed E-state index contributed by atoms with van der Waals surface area (Å²) in [7, 11) is -2.91. The van der Waals surface area contributed by atoms with Gasteiger partial charge in [-0.1, -0.05) is 24.3 Å². The third-order valence-corrected chi connectivity index (χ3v) is 5.28. The molecule has 25 heavy (non-hydrogen) atoms. The second-order valence-corrected chi connectivity index (χ2v) is 7.32. The maximum atomic E-state index is 13.0. The van der Waals surface area contributed by atoms with Gasteiger partial charge in [0.05, 0.1) is 11.1 Å². The van der Waals surface area contributed by atoms with Crippen LogP contribution in [0.25, 0.3) is 22.0 Å². The molecule has 1 aliphatic rings. The number of benzene rings is 2. The Balaban J connectivity index is 2.32. The third-order valence-electron chi connectivity index (χ3n) is 4.41. The number of fused-ring (bicyclic) bond motifs is 2. The molecule has 1 aliphatic carbocycles. The Kier molecular flexibility index (Phi) is 3.22. The van der Waals surface area contributed by atoms with Crippen molar-refractivity contribution in [2.75, 3.05) is 12.4 Å². The first kappa shape index (κ1) is 15.7. The van der Waals surface area contributed by atoms with Crippen LogP contribution in [-0.2, 0) is 10.1 Å². The Bertz CT molecular complexity index is 1180. The van der Waals surface area contributed by atoms with Gasteiger partial charge in [-0.05, 0) is 30.2 Å². The highest BCUT2D eigenvalue weighted by Gasteiger charge is 2.31. The van der Waals surface area contributed by atoms with Crippen molar-refractivity contribution >= 4 is 32.5 Å². The molecule has 0 amide bonds. The zero-order valence-corrected chi connectivity index (χ0v) is 14.3. The molecule has 4 rings (SSSR count). The maximum Gasteiger partial charge on any atom is 0.296 e. The SMILES string of the molecule is CNc1cc(S(=O)(=O)O)c2nc(C)cc3c2c1C(=O)c1ccccc1-3. The summed E-state index contributed by atoms with van der Waals surface area (Å²) in [5.41, 5.74) is 3.42. The van der Waals surface area contributed by atoms with Crippen LogP contribution in [0.3, 0.4) is 0 Å². The Labute approximate surface area is 144 Å². The Hall–Kier alpha value is -2.77. The fourth-order valence-electron chi connectivity index (χ4n) is 3.40. The van der Waals surface area contributed by atoms with Gasteiger partial charge in [0.1, 0.15) is 4.90 Å². The summed E-state index contributed by atoms with van der Waals surface area (Å²) >= 11 is 0. The quantitative estimate of drug-likeness (QED) is 0.537.